The Labute approximate surface area is 88.9 Å². The van der Waals surface area contributed by atoms with Crippen molar-refractivity contribution in [2.75, 3.05) is 24.3 Å². The SMILES string of the molecule is CN(C)c1cc(Nc2ccccc2)[nH]n1. The molecule has 0 radical (unpaired) electrons. The van der Waals surface area contributed by atoms with E-state index in [0.29, 0.717) is 0 Å². The predicted octanol–water partition coefficient (Wildman–Crippen LogP) is 2.22. The molecule has 1 aromatic carbocycles. The van der Waals surface area contributed by atoms with E-state index in [9.17, 15) is 0 Å². The lowest BCUT2D eigenvalue weighted by atomic mass is 10.3. The number of benzene rings is 1. The fourth-order valence-electron chi connectivity index (χ4n) is 1.28. The maximum atomic E-state index is 4.15. The summed E-state index contributed by atoms with van der Waals surface area (Å²) in [7, 11) is 3.92. The molecule has 0 fully saturated rings. The van der Waals surface area contributed by atoms with Crippen molar-refractivity contribution in [1.82, 2.24) is 10.2 Å². The highest BCUT2D eigenvalue weighted by Gasteiger charge is 2.01. The molecule has 0 bridgehead atoms. The number of H-pyrrole nitrogens is 1. The van der Waals surface area contributed by atoms with Crippen molar-refractivity contribution in [3.8, 4) is 0 Å². The molecule has 15 heavy (non-hydrogen) atoms. The van der Waals surface area contributed by atoms with Crippen molar-refractivity contribution in [3.63, 3.8) is 0 Å². The summed E-state index contributed by atoms with van der Waals surface area (Å²) in [4.78, 5) is 1.95. The lowest BCUT2D eigenvalue weighted by Gasteiger charge is -2.05. The molecule has 1 aromatic heterocycles. The molecular formula is C11H14N4. The van der Waals surface area contributed by atoms with Gasteiger partial charge < -0.3 is 10.2 Å². The molecule has 0 aliphatic heterocycles. The predicted molar refractivity (Wildman–Crippen MR) is 62.6 cm³/mol. The van der Waals surface area contributed by atoms with Gasteiger partial charge in [-0.05, 0) is 12.1 Å². The van der Waals surface area contributed by atoms with Gasteiger partial charge in [0.1, 0.15) is 5.82 Å². The van der Waals surface area contributed by atoms with Crippen molar-refractivity contribution in [3.05, 3.63) is 36.4 Å². The van der Waals surface area contributed by atoms with Crippen LogP contribution < -0.4 is 10.2 Å². The zero-order valence-corrected chi connectivity index (χ0v) is 8.86. The van der Waals surface area contributed by atoms with E-state index in [1.807, 2.05) is 55.4 Å². The van der Waals surface area contributed by atoms with E-state index in [2.05, 4.69) is 15.5 Å². The average Bonchev–Trinajstić information content (AvgIpc) is 2.68. The molecule has 4 nitrogen and oxygen atoms in total. The standard InChI is InChI=1S/C11H14N4/c1-15(2)11-8-10(13-14-11)12-9-6-4-3-5-7-9/h3-8H,1-2H3,(H2,12,13,14). The van der Waals surface area contributed by atoms with E-state index in [-0.39, 0.29) is 0 Å². The first-order chi connectivity index (χ1) is 7.25. The van der Waals surface area contributed by atoms with Crippen LogP contribution in [0.4, 0.5) is 17.3 Å². The molecule has 0 saturated carbocycles. The van der Waals surface area contributed by atoms with Gasteiger partial charge in [-0.3, -0.25) is 5.10 Å². The number of hydrogen-bond acceptors (Lipinski definition) is 3. The van der Waals surface area contributed by atoms with E-state index in [4.69, 9.17) is 0 Å². The Balaban J connectivity index is 2.12. The van der Waals surface area contributed by atoms with Gasteiger partial charge in [-0.15, -0.1) is 0 Å². The molecule has 0 aliphatic carbocycles. The monoisotopic (exact) mass is 202 g/mol. The maximum Gasteiger partial charge on any atom is 0.152 e. The summed E-state index contributed by atoms with van der Waals surface area (Å²) in [6, 6.07) is 12.0. The zero-order chi connectivity index (χ0) is 10.7. The number of aromatic nitrogens is 2. The fraction of sp³-hybridized carbons (Fsp3) is 0.182. The van der Waals surface area contributed by atoms with Crippen LogP contribution >= 0.6 is 0 Å². The summed E-state index contributed by atoms with van der Waals surface area (Å²) in [5.74, 6) is 1.80. The molecule has 0 saturated heterocycles. The lowest BCUT2D eigenvalue weighted by Crippen LogP contribution is -2.08. The van der Waals surface area contributed by atoms with Gasteiger partial charge in [-0.25, -0.2) is 0 Å². The number of aromatic amines is 1. The third-order valence-corrected chi connectivity index (χ3v) is 2.08. The second-order valence-corrected chi connectivity index (χ2v) is 3.53. The van der Waals surface area contributed by atoms with Gasteiger partial charge in [0.25, 0.3) is 0 Å². The van der Waals surface area contributed by atoms with E-state index < -0.39 is 0 Å². The molecule has 1 heterocycles. The van der Waals surface area contributed by atoms with Gasteiger partial charge >= 0.3 is 0 Å². The molecule has 2 N–H and O–H groups in total. The molecule has 0 amide bonds. The molecule has 0 spiro atoms. The molecule has 0 aliphatic rings. The normalized spacial score (nSPS) is 10.0. The molecule has 2 rings (SSSR count). The quantitative estimate of drug-likeness (QED) is 0.802. The van der Waals surface area contributed by atoms with Crippen LogP contribution in [-0.2, 0) is 0 Å². The Morgan fingerprint density at radius 1 is 1.20 bits per heavy atom. The maximum absolute atomic E-state index is 4.15. The van der Waals surface area contributed by atoms with Gasteiger partial charge in [0.2, 0.25) is 0 Å². The smallest absolute Gasteiger partial charge is 0.152 e. The van der Waals surface area contributed by atoms with Crippen LogP contribution in [0.3, 0.4) is 0 Å². The van der Waals surface area contributed by atoms with Gasteiger partial charge in [0, 0.05) is 25.8 Å². The van der Waals surface area contributed by atoms with Crippen LogP contribution in [0.25, 0.3) is 0 Å². The summed E-state index contributed by atoms with van der Waals surface area (Å²) in [6.07, 6.45) is 0. The number of nitrogens with one attached hydrogen (secondary N) is 2. The largest absolute Gasteiger partial charge is 0.361 e. The van der Waals surface area contributed by atoms with Crippen LogP contribution in [-0.4, -0.2) is 24.3 Å². The third kappa shape index (κ3) is 2.28. The van der Waals surface area contributed by atoms with Gasteiger partial charge in [-0.2, -0.15) is 5.10 Å². The molecule has 0 atom stereocenters. The van der Waals surface area contributed by atoms with Crippen molar-refractivity contribution in [2.45, 2.75) is 0 Å². The van der Waals surface area contributed by atoms with Crippen molar-refractivity contribution >= 4 is 17.3 Å². The molecule has 0 unspecified atom stereocenters. The third-order valence-electron chi connectivity index (χ3n) is 2.08. The Bertz CT molecular complexity index is 419. The molecule has 2 aromatic rings. The number of rotatable bonds is 3. The summed E-state index contributed by atoms with van der Waals surface area (Å²) in [6.45, 7) is 0. The highest BCUT2D eigenvalue weighted by atomic mass is 15.3. The minimum atomic E-state index is 0.893. The van der Waals surface area contributed by atoms with Crippen molar-refractivity contribution < 1.29 is 0 Å². The van der Waals surface area contributed by atoms with Crippen LogP contribution in [0.1, 0.15) is 0 Å². The van der Waals surface area contributed by atoms with Crippen LogP contribution in [0, 0.1) is 0 Å². The Morgan fingerprint density at radius 3 is 2.53 bits per heavy atom. The first kappa shape index (κ1) is 9.58. The van der Waals surface area contributed by atoms with E-state index >= 15 is 0 Å². The minimum Gasteiger partial charge on any atom is -0.361 e. The van der Waals surface area contributed by atoms with Gasteiger partial charge in [-0.1, -0.05) is 18.2 Å². The summed E-state index contributed by atoms with van der Waals surface area (Å²) >= 11 is 0. The summed E-state index contributed by atoms with van der Waals surface area (Å²) < 4.78 is 0. The molecular weight excluding hydrogens is 188 g/mol. The second kappa shape index (κ2) is 4.04. The van der Waals surface area contributed by atoms with Crippen LogP contribution in [0.2, 0.25) is 0 Å². The minimum absolute atomic E-state index is 0.893. The van der Waals surface area contributed by atoms with E-state index in [1.165, 1.54) is 0 Å². The zero-order valence-electron chi connectivity index (χ0n) is 8.86. The first-order valence-electron chi connectivity index (χ1n) is 4.80. The highest BCUT2D eigenvalue weighted by molar-refractivity contribution is 5.59. The van der Waals surface area contributed by atoms with Gasteiger partial charge in [0.15, 0.2) is 5.82 Å². The first-order valence-corrected chi connectivity index (χ1v) is 4.80. The van der Waals surface area contributed by atoms with Crippen LogP contribution in [0.15, 0.2) is 36.4 Å². The Morgan fingerprint density at radius 2 is 1.93 bits per heavy atom. The molecule has 78 valence electrons. The number of nitrogens with zero attached hydrogens (tertiary/aromatic N) is 2. The fourth-order valence-corrected chi connectivity index (χ4v) is 1.28. The second-order valence-electron chi connectivity index (χ2n) is 3.53. The number of hydrogen-bond donors (Lipinski definition) is 2. The topological polar surface area (TPSA) is 44.0 Å². The highest BCUT2D eigenvalue weighted by Crippen LogP contribution is 2.17. The van der Waals surface area contributed by atoms with E-state index in [0.717, 1.165) is 17.3 Å². The van der Waals surface area contributed by atoms with E-state index in [1.54, 1.807) is 0 Å². The number of para-hydroxylation sites is 1. The summed E-state index contributed by atoms with van der Waals surface area (Å²) in [5.41, 5.74) is 1.05. The van der Waals surface area contributed by atoms with Crippen LogP contribution in [0.5, 0.6) is 0 Å². The average molecular weight is 202 g/mol. The lowest BCUT2D eigenvalue weighted by molar-refractivity contribution is 1.01. The van der Waals surface area contributed by atoms with Crippen molar-refractivity contribution in [2.24, 2.45) is 0 Å². The number of anilines is 3. The summed E-state index contributed by atoms with van der Waals surface area (Å²) in [5, 5.41) is 10.3. The molecule has 4 heteroatoms. The Kier molecular flexibility index (Phi) is 2.58. The Hall–Kier alpha value is -1.97. The van der Waals surface area contributed by atoms with Crippen molar-refractivity contribution in [1.29, 1.82) is 0 Å². The van der Waals surface area contributed by atoms with Gasteiger partial charge in [0.05, 0.1) is 0 Å².